The number of nitrogens with zero attached hydrogens (tertiary/aromatic N) is 2. The molecule has 1 saturated heterocycles. The standard InChI is InChI=1S/C37H38N2O6S/c1-5-44-33(40)37(34(41)45-6-2)36(4)35(3,30-24-16-17-25-31(30)38(36)26-27-18-10-7-11-19-27)32(28-20-12-8-13-21-28)39(37)46(42,43)29-22-14-9-15-23-29/h7-25,32H,5-6,26H2,1-4H3. The Morgan fingerprint density at radius 1 is 0.717 bits per heavy atom. The van der Waals surface area contributed by atoms with Crippen molar-refractivity contribution in [2.75, 3.05) is 18.1 Å². The number of anilines is 1. The third-order valence-electron chi connectivity index (χ3n) is 9.86. The Labute approximate surface area is 270 Å². The number of benzene rings is 4. The number of hydrogen-bond donors (Lipinski definition) is 0. The van der Waals surface area contributed by atoms with Gasteiger partial charge >= 0.3 is 11.9 Å². The zero-order valence-corrected chi connectivity index (χ0v) is 27.2. The van der Waals surface area contributed by atoms with Gasteiger partial charge in [0.25, 0.3) is 5.54 Å². The molecule has 0 N–H and O–H groups in total. The van der Waals surface area contributed by atoms with Crippen LogP contribution in [0.15, 0.2) is 120 Å². The van der Waals surface area contributed by atoms with Gasteiger partial charge < -0.3 is 14.4 Å². The quantitative estimate of drug-likeness (QED) is 0.163. The van der Waals surface area contributed by atoms with Crippen LogP contribution in [0.4, 0.5) is 5.69 Å². The van der Waals surface area contributed by atoms with E-state index in [-0.39, 0.29) is 24.7 Å². The number of sulfonamides is 1. The molecule has 0 saturated carbocycles. The van der Waals surface area contributed by atoms with E-state index in [1.165, 1.54) is 12.1 Å². The minimum Gasteiger partial charge on any atom is -0.464 e. The van der Waals surface area contributed by atoms with Crippen LogP contribution in [-0.4, -0.2) is 49.0 Å². The monoisotopic (exact) mass is 638 g/mol. The summed E-state index contributed by atoms with van der Waals surface area (Å²) in [5.41, 5.74) is -2.05. The highest BCUT2D eigenvalue weighted by Crippen LogP contribution is 2.70. The van der Waals surface area contributed by atoms with Crippen LogP contribution >= 0.6 is 0 Å². The number of rotatable bonds is 9. The summed E-state index contributed by atoms with van der Waals surface area (Å²) in [7, 11) is -4.58. The van der Waals surface area contributed by atoms with E-state index in [2.05, 4.69) is 0 Å². The maximum absolute atomic E-state index is 15.2. The fourth-order valence-electron chi connectivity index (χ4n) is 7.83. The van der Waals surface area contributed by atoms with Gasteiger partial charge in [-0.05, 0) is 55.7 Å². The molecule has 238 valence electrons. The van der Waals surface area contributed by atoms with Crippen LogP contribution < -0.4 is 4.90 Å². The molecular weight excluding hydrogens is 600 g/mol. The molecule has 2 aliphatic rings. The highest BCUT2D eigenvalue weighted by molar-refractivity contribution is 7.89. The fourth-order valence-corrected chi connectivity index (χ4v) is 9.85. The molecule has 3 atom stereocenters. The van der Waals surface area contributed by atoms with Crippen LogP contribution in [0.2, 0.25) is 0 Å². The molecule has 8 nitrogen and oxygen atoms in total. The molecule has 3 unspecified atom stereocenters. The summed E-state index contributed by atoms with van der Waals surface area (Å²) in [4.78, 5) is 31.8. The Bertz CT molecular complexity index is 1830. The van der Waals surface area contributed by atoms with Gasteiger partial charge in [0.05, 0.1) is 29.7 Å². The minimum absolute atomic E-state index is 0.0519. The van der Waals surface area contributed by atoms with Gasteiger partial charge in [-0.25, -0.2) is 18.0 Å². The number of para-hydroxylation sites is 1. The number of ether oxygens (including phenoxy) is 2. The van der Waals surface area contributed by atoms with E-state index >= 15 is 8.42 Å². The lowest BCUT2D eigenvalue weighted by atomic mass is 9.61. The molecule has 6 rings (SSSR count). The lowest BCUT2D eigenvalue weighted by molar-refractivity contribution is -0.173. The number of fused-ring (bicyclic) bond motifs is 3. The van der Waals surface area contributed by atoms with Crippen molar-refractivity contribution in [1.82, 2.24) is 4.31 Å². The Morgan fingerprint density at radius 3 is 1.78 bits per heavy atom. The topological polar surface area (TPSA) is 93.2 Å². The number of esters is 2. The maximum atomic E-state index is 15.2. The third kappa shape index (κ3) is 4.18. The van der Waals surface area contributed by atoms with Crippen LogP contribution in [-0.2, 0) is 41.0 Å². The van der Waals surface area contributed by atoms with Crippen molar-refractivity contribution in [1.29, 1.82) is 0 Å². The molecule has 1 fully saturated rings. The highest BCUT2D eigenvalue weighted by Gasteiger charge is 2.86. The summed E-state index contributed by atoms with van der Waals surface area (Å²) in [6.07, 6.45) is 0. The number of hydrogen-bond acceptors (Lipinski definition) is 7. The Morgan fingerprint density at radius 2 is 1.22 bits per heavy atom. The first-order chi connectivity index (χ1) is 22.1. The molecule has 0 amide bonds. The number of carbonyl (C=O) groups is 2. The molecule has 0 aromatic heterocycles. The zero-order valence-electron chi connectivity index (χ0n) is 26.4. The molecule has 2 aliphatic heterocycles. The van der Waals surface area contributed by atoms with Crippen LogP contribution in [0, 0.1) is 0 Å². The second-order valence-corrected chi connectivity index (χ2v) is 13.8. The van der Waals surface area contributed by atoms with E-state index in [1.807, 2.05) is 104 Å². The first kappa shape index (κ1) is 31.5. The van der Waals surface area contributed by atoms with Gasteiger partial charge in [-0.15, -0.1) is 0 Å². The van der Waals surface area contributed by atoms with Crippen molar-refractivity contribution in [2.45, 2.75) is 61.7 Å². The van der Waals surface area contributed by atoms with Crippen molar-refractivity contribution < 1.29 is 27.5 Å². The van der Waals surface area contributed by atoms with Crippen LogP contribution in [0.3, 0.4) is 0 Å². The van der Waals surface area contributed by atoms with Crippen molar-refractivity contribution in [2.24, 2.45) is 0 Å². The third-order valence-corrected chi connectivity index (χ3v) is 11.7. The van der Waals surface area contributed by atoms with Gasteiger partial charge in [0.1, 0.15) is 0 Å². The molecule has 2 heterocycles. The smallest absolute Gasteiger partial charge is 0.341 e. The average Bonchev–Trinajstić information content (AvgIpc) is 3.39. The predicted molar refractivity (Wildman–Crippen MR) is 175 cm³/mol. The first-order valence-corrected chi connectivity index (χ1v) is 17.0. The molecule has 46 heavy (non-hydrogen) atoms. The van der Waals surface area contributed by atoms with E-state index in [1.54, 1.807) is 32.0 Å². The minimum atomic E-state index is -4.58. The lowest BCUT2D eigenvalue weighted by Crippen LogP contribution is -2.75. The molecule has 9 heteroatoms. The normalized spacial score (nSPS) is 23.4. The summed E-state index contributed by atoms with van der Waals surface area (Å²) in [5, 5.41) is 0. The Hall–Kier alpha value is -4.47. The lowest BCUT2D eigenvalue weighted by Gasteiger charge is -2.50. The molecule has 4 aromatic carbocycles. The van der Waals surface area contributed by atoms with Crippen LogP contribution in [0.25, 0.3) is 0 Å². The van der Waals surface area contributed by atoms with E-state index in [0.717, 1.165) is 21.1 Å². The van der Waals surface area contributed by atoms with Crippen LogP contribution in [0.1, 0.15) is 50.4 Å². The van der Waals surface area contributed by atoms with E-state index in [4.69, 9.17) is 9.47 Å². The fraction of sp³-hybridized carbons (Fsp3) is 0.297. The van der Waals surface area contributed by atoms with Crippen LogP contribution in [0.5, 0.6) is 0 Å². The maximum Gasteiger partial charge on any atom is 0.341 e. The van der Waals surface area contributed by atoms with Gasteiger partial charge in [0, 0.05) is 17.6 Å². The van der Waals surface area contributed by atoms with E-state index in [0.29, 0.717) is 5.56 Å². The summed E-state index contributed by atoms with van der Waals surface area (Å²) in [6.45, 7) is 7.20. The van der Waals surface area contributed by atoms with Crippen molar-refractivity contribution in [3.63, 3.8) is 0 Å². The summed E-state index contributed by atoms with van der Waals surface area (Å²) in [6, 6.07) is 33.6. The van der Waals surface area contributed by atoms with Crippen molar-refractivity contribution in [3.8, 4) is 0 Å². The average molecular weight is 639 g/mol. The van der Waals surface area contributed by atoms with Gasteiger partial charge in [-0.3, -0.25) is 0 Å². The molecular formula is C37H38N2O6S. The van der Waals surface area contributed by atoms with E-state index < -0.39 is 44.5 Å². The molecule has 0 radical (unpaired) electrons. The largest absolute Gasteiger partial charge is 0.464 e. The van der Waals surface area contributed by atoms with Crippen molar-refractivity contribution >= 4 is 27.6 Å². The van der Waals surface area contributed by atoms with Gasteiger partial charge in [-0.1, -0.05) is 104 Å². The SMILES string of the molecule is CCOC(=O)C1(C(=O)OCC)N(S(=O)(=O)c2ccccc2)C(c2ccccc2)C2(C)c3ccccc3N(Cc3ccccc3)C21C. The summed E-state index contributed by atoms with van der Waals surface area (Å²) in [5.74, 6) is -1.96. The van der Waals surface area contributed by atoms with Gasteiger partial charge in [0.2, 0.25) is 10.0 Å². The summed E-state index contributed by atoms with van der Waals surface area (Å²) < 4.78 is 43.2. The summed E-state index contributed by atoms with van der Waals surface area (Å²) >= 11 is 0. The second kappa shape index (κ2) is 11.7. The van der Waals surface area contributed by atoms with Gasteiger partial charge in [0.15, 0.2) is 0 Å². The molecule has 0 spiro atoms. The highest BCUT2D eigenvalue weighted by atomic mass is 32.2. The Balaban J connectivity index is 1.81. The van der Waals surface area contributed by atoms with E-state index in [9.17, 15) is 9.59 Å². The predicted octanol–water partition coefficient (Wildman–Crippen LogP) is 6.03. The van der Waals surface area contributed by atoms with Gasteiger partial charge in [-0.2, -0.15) is 4.31 Å². The first-order valence-electron chi connectivity index (χ1n) is 15.5. The Kier molecular flexibility index (Phi) is 8.02. The molecule has 4 aromatic rings. The molecule has 0 aliphatic carbocycles. The van der Waals surface area contributed by atoms with Crippen molar-refractivity contribution in [3.05, 3.63) is 132 Å². The zero-order chi connectivity index (χ0) is 32.7. The number of carbonyl (C=O) groups excluding carboxylic acids is 2. The second-order valence-electron chi connectivity index (χ2n) is 11.9. The molecule has 0 bridgehead atoms.